The fraction of sp³-hybridized carbons (Fsp3) is 0.100. The summed E-state index contributed by atoms with van der Waals surface area (Å²) in [5.74, 6) is 0. The van der Waals surface area contributed by atoms with Gasteiger partial charge >= 0.3 is 0 Å². The van der Waals surface area contributed by atoms with Crippen molar-refractivity contribution >= 4 is 44.0 Å². The fourth-order valence-electron chi connectivity index (χ4n) is 1.35. The number of aryl methyl sites for hydroxylation is 1. The lowest BCUT2D eigenvalue weighted by Crippen LogP contribution is -1.78. The van der Waals surface area contributed by atoms with Crippen LogP contribution in [-0.2, 0) is 0 Å². The van der Waals surface area contributed by atoms with Crippen molar-refractivity contribution in [1.29, 1.82) is 5.26 Å². The quantitative estimate of drug-likeness (QED) is 0.681. The Morgan fingerprint density at radius 2 is 2.23 bits per heavy atom. The number of nitriles is 1. The van der Waals surface area contributed by atoms with Gasteiger partial charge in [0.25, 0.3) is 0 Å². The van der Waals surface area contributed by atoms with E-state index >= 15 is 0 Å². The van der Waals surface area contributed by atoms with Gasteiger partial charge in [0, 0.05) is 19.0 Å². The number of thiophene rings is 1. The van der Waals surface area contributed by atoms with Gasteiger partial charge in [0.2, 0.25) is 0 Å². The molecular formula is C10H6INS. The Morgan fingerprint density at radius 3 is 2.92 bits per heavy atom. The lowest BCUT2D eigenvalue weighted by Gasteiger charge is -1.96. The normalized spacial score (nSPS) is 10.2. The molecular weight excluding hydrogens is 293 g/mol. The predicted molar refractivity (Wildman–Crippen MR) is 64.0 cm³/mol. The van der Waals surface area contributed by atoms with Crippen molar-refractivity contribution in [2.75, 3.05) is 0 Å². The summed E-state index contributed by atoms with van der Waals surface area (Å²) in [4.78, 5) is 0. The van der Waals surface area contributed by atoms with E-state index in [2.05, 4.69) is 41.0 Å². The zero-order valence-electron chi connectivity index (χ0n) is 6.97. The van der Waals surface area contributed by atoms with Gasteiger partial charge < -0.3 is 0 Å². The highest BCUT2D eigenvalue weighted by atomic mass is 127. The molecule has 3 heteroatoms. The van der Waals surface area contributed by atoms with E-state index in [1.54, 1.807) is 11.3 Å². The summed E-state index contributed by atoms with van der Waals surface area (Å²) in [6.07, 6.45) is 0. The molecule has 64 valence electrons. The summed E-state index contributed by atoms with van der Waals surface area (Å²) >= 11 is 4.05. The maximum absolute atomic E-state index is 8.80. The lowest BCUT2D eigenvalue weighted by molar-refractivity contribution is 1.47. The first-order chi connectivity index (χ1) is 6.22. The highest BCUT2D eigenvalue weighted by Gasteiger charge is 2.05. The summed E-state index contributed by atoms with van der Waals surface area (Å²) in [6.45, 7) is 2.05. The van der Waals surface area contributed by atoms with E-state index < -0.39 is 0 Å². The third-order valence-corrected chi connectivity index (χ3v) is 4.39. The Hall–Kier alpha value is -0.600. The zero-order valence-corrected chi connectivity index (χ0v) is 9.94. The van der Waals surface area contributed by atoms with Crippen LogP contribution in [0.25, 0.3) is 10.1 Å². The highest BCUT2D eigenvalue weighted by molar-refractivity contribution is 14.1. The molecule has 1 aromatic carbocycles. The molecule has 0 radical (unpaired) electrons. The van der Waals surface area contributed by atoms with E-state index in [1.807, 2.05) is 12.1 Å². The van der Waals surface area contributed by atoms with Crippen LogP contribution in [0.15, 0.2) is 17.5 Å². The van der Waals surface area contributed by atoms with E-state index in [1.165, 1.54) is 19.2 Å². The first-order valence-electron chi connectivity index (χ1n) is 3.80. The maximum Gasteiger partial charge on any atom is 0.0991 e. The summed E-state index contributed by atoms with van der Waals surface area (Å²) in [7, 11) is 0. The third-order valence-electron chi connectivity index (χ3n) is 1.94. The van der Waals surface area contributed by atoms with Gasteiger partial charge in [-0.15, -0.1) is 11.3 Å². The van der Waals surface area contributed by atoms with Crippen molar-refractivity contribution in [3.8, 4) is 6.07 Å². The average Bonchev–Trinajstić information content (AvgIpc) is 2.48. The molecule has 2 rings (SSSR count). The molecule has 0 saturated carbocycles. The second-order valence-corrected chi connectivity index (χ2v) is 4.91. The molecule has 13 heavy (non-hydrogen) atoms. The standard InChI is InChI=1S/C10H6INS/c1-6-2-7(4-12)3-8-9(11)5-13-10(6)8/h2-3,5H,1H3. The van der Waals surface area contributed by atoms with Crippen molar-refractivity contribution in [3.05, 3.63) is 32.2 Å². The van der Waals surface area contributed by atoms with Crippen LogP contribution < -0.4 is 0 Å². The number of hydrogen-bond acceptors (Lipinski definition) is 2. The number of nitrogens with zero attached hydrogens (tertiary/aromatic N) is 1. The smallest absolute Gasteiger partial charge is 0.0991 e. The van der Waals surface area contributed by atoms with Gasteiger partial charge in [0.15, 0.2) is 0 Å². The van der Waals surface area contributed by atoms with Crippen molar-refractivity contribution in [2.45, 2.75) is 6.92 Å². The summed E-state index contributed by atoms with van der Waals surface area (Å²) in [6, 6.07) is 6.08. The van der Waals surface area contributed by atoms with E-state index in [0.29, 0.717) is 0 Å². The van der Waals surface area contributed by atoms with Crippen molar-refractivity contribution in [3.63, 3.8) is 0 Å². The molecule has 0 fully saturated rings. The molecule has 0 bridgehead atoms. The third kappa shape index (κ3) is 1.45. The van der Waals surface area contributed by atoms with Gasteiger partial charge in [0.1, 0.15) is 0 Å². The van der Waals surface area contributed by atoms with Gasteiger partial charge in [-0.05, 0) is 47.2 Å². The first kappa shape index (κ1) is 8.97. The Morgan fingerprint density at radius 1 is 1.46 bits per heavy atom. The molecule has 0 spiro atoms. The van der Waals surface area contributed by atoms with Crippen LogP contribution in [0.5, 0.6) is 0 Å². The van der Waals surface area contributed by atoms with Crippen LogP contribution in [-0.4, -0.2) is 0 Å². The number of rotatable bonds is 0. The van der Waals surface area contributed by atoms with Gasteiger partial charge in [-0.2, -0.15) is 5.26 Å². The largest absolute Gasteiger partial charge is 0.192 e. The van der Waals surface area contributed by atoms with Crippen LogP contribution in [0.2, 0.25) is 0 Å². The molecule has 0 aliphatic rings. The number of halogens is 1. The molecule has 0 aliphatic carbocycles. The number of benzene rings is 1. The molecule has 2 aromatic rings. The van der Waals surface area contributed by atoms with Crippen molar-refractivity contribution in [1.82, 2.24) is 0 Å². The molecule has 0 saturated heterocycles. The fourth-order valence-corrected chi connectivity index (χ4v) is 3.23. The van der Waals surface area contributed by atoms with Gasteiger partial charge in [-0.3, -0.25) is 0 Å². The molecule has 0 unspecified atom stereocenters. The minimum atomic E-state index is 0.751. The SMILES string of the molecule is Cc1cc(C#N)cc2c(I)csc12. The van der Waals surface area contributed by atoms with Crippen molar-refractivity contribution in [2.24, 2.45) is 0 Å². The second-order valence-electron chi connectivity index (χ2n) is 2.87. The van der Waals surface area contributed by atoms with Crippen LogP contribution in [0, 0.1) is 21.8 Å². The average molecular weight is 299 g/mol. The second kappa shape index (κ2) is 3.28. The Bertz CT molecular complexity index is 507. The van der Waals surface area contributed by atoms with E-state index in [9.17, 15) is 0 Å². The van der Waals surface area contributed by atoms with Gasteiger partial charge in [0.05, 0.1) is 11.6 Å². The van der Waals surface area contributed by atoms with E-state index in [-0.39, 0.29) is 0 Å². The topological polar surface area (TPSA) is 23.8 Å². The molecule has 1 nitrogen and oxygen atoms in total. The van der Waals surface area contributed by atoms with Gasteiger partial charge in [-0.1, -0.05) is 0 Å². The highest BCUT2D eigenvalue weighted by Crippen LogP contribution is 2.30. The van der Waals surface area contributed by atoms with Crippen LogP contribution >= 0.6 is 33.9 Å². The minimum Gasteiger partial charge on any atom is -0.192 e. The molecule has 0 aliphatic heterocycles. The first-order valence-corrected chi connectivity index (χ1v) is 5.75. The zero-order chi connectivity index (χ0) is 9.42. The molecule has 0 N–H and O–H groups in total. The lowest BCUT2D eigenvalue weighted by atomic mass is 10.1. The minimum absolute atomic E-state index is 0.751. The molecule has 0 atom stereocenters. The Kier molecular flexibility index (Phi) is 2.26. The van der Waals surface area contributed by atoms with Crippen LogP contribution in [0.1, 0.15) is 11.1 Å². The monoisotopic (exact) mass is 299 g/mol. The molecule has 1 aromatic heterocycles. The van der Waals surface area contributed by atoms with Crippen molar-refractivity contribution < 1.29 is 0 Å². The van der Waals surface area contributed by atoms with Crippen LogP contribution in [0.3, 0.4) is 0 Å². The maximum atomic E-state index is 8.80. The molecule has 1 heterocycles. The van der Waals surface area contributed by atoms with E-state index in [0.717, 1.165) is 5.56 Å². The summed E-state index contributed by atoms with van der Waals surface area (Å²) < 4.78 is 2.53. The van der Waals surface area contributed by atoms with E-state index in [4.69, 9.17) is 5.26 Å². The van der Waals surface area contributed by atoms with Gasteiger partial charge in [-0.25, -0.2) is 0 Å². The number of hydrogen-bond donors (Lipinski definition) is 0. The Labute approximate surface area is 94.1 Å². The van der Waals surface area contributed by atoms with Crippen LogP contribution in [0.4, 0.5) is 0 Å². The number of fused-ring (bicyclic) bond motifs is 1. The predicted octanol–water partition coefficient (Wildman–Crippen LogP) is 3.69. The summed E-state index contributed by atoms with van der Waals surface area (Å²) in [5, 5.41) is 12.1. The Balaban J connectivity index is 2.90. The molecule has 0 amide bonds. The summed E-state index contributed by atoms with van der Waals surface area (Å²) in [5.41, 5.74) is 1.95.